The minimum Gasteiger partial charge on any atom is -0.364 e. The van der Waals surface area contributed by atoms with E-state index in [9.17, 15) is 0 Å². The van der Waals surface area contributed by atoms with Crippen LogP contribution in [0.4, 0.5) is 17.8 Å². The van der Waals surface area contributed by atoms with Crippen LogP contribution in [0.3, 0.4) is 0 Å². The first-order chi connectivity index (χ1) is 13.1. The summed E-state index contributed by atoms with van der Waals surface area (Å²) >= 11 is 0. The smallest absolute Gasteiger partial charge is 0.235 e. The van der Waals surface area contributed by atoms with Crippen LogP contribution in [-0.2, 0) is 28.5 Å². The van der Waals surface area contributed by atoms with Gasteiger partial charge in [-0.3, -0.25) is 4.90 Å². The Morgan fingerprint density at radius 3 is 1.22 bits per heavy atom. The molecule has 0 N–H and O–H groups in total. The molecule has 0 radical (unpaired) electrons. The largest absolute Gasteiger partial charge is 0.364 e. The second-order valence-electron chi connectivity index (χ2n) is 4.84. The van der Waals surface area contributed by atoms with E-state index < -0.39 is 0 Å². The van der Waals surface area contributed by atoms with Gasteiger partial charge < -0.3 is 38.3 Å². The highest BCUT2D eigenvalue weighted by molar-refractivity contribution is 5.45. The van der Waals surface area contributed by atoms with Crippen molar-refractivity contribution in [1.29, 1.82) is 0 Å². The number of hydrogen-bond acceptors (Lipinski definition) is 12. The van der Waals surface area contributed by atoms with E-state index in [1.165, 1.54) is 0 Å². The number of carbonyl (C=O) groups is 2. The molecule has 1 aromatic rings. The molecule has 0 spiro atoms. The second kappa shape index (κ2) is 17.0. The van der Waals surface area contributed by atoms with Crippen LogP contribution in [0.15, 0.2) is 0 Å². The molecule has 0 saturated carbocycles. The number of methoxy groups -OCH3 is 4. The number of aromatic nitrogens is 3. The molecule has 0 aliphatic carbocycles. The van der Waals surface area contributed by atoms with Gasteiger partial charge in [0.25, 0.3) is 0 Å². The van der Waals surface area contributed by atoms with Gasteiger partial charge in [-0.2, -0.15) is 15.0 Å². The second-order valence-corrected chi connectivity index (χ2v) is 4.84. The van der Waals surface area contributed by atoms with Gasteiger partial charge in [-0.15, -0.1) is 0 Å². The van der Waals surface area contributed by atoms with E-state index in [2.05, 4.69) is 15.0 Å². The molecular weight excluding hydrogens is 360 g/mol. The summed E-state index contributed by atoms with van der Waals surface area (Å²) < 4.78 is 20.6. The van der Waals surface area contributed by atoms with E-state index in [4.69, 9.17) is 28.5 Å². The fourth-order valence-corrected chi connectivity index (χ4v) is 1.79. The summed E-state index contributed by atoms with van der Waals surface area (Å²) in [6.07, 6.45) is 0. The van der Waals surface area contributed by atoms with Crippen molar-refractivity contribution < 1.29 is 28.5 Å². The Bertz CT molecular complexity index is 460. The topological polar surface area (TPSA) is 119 Å². The van der Waals surface area contributed by atoms with Crippen molar-refractivity contribution in [2.45, 2.75) is 0 Å². The van der Waals surface area contributed by atoms with E-state index >= 15 is 0 Å². The summed E-state index contributed by atoms with van der Waals surface area (Å²) in [5, 5.41) is 0. The monoisotopic (exact) mass is 390 g/mol. The number of nitrogens with zero attached hydrogens (tertiary/aromatic N) is 6. The number of anilines is 3. The molecule has 0 atom stereocenters. The highest BCUT2D eigenvalue weighted by atomic mass is 16.5. The number of hydrogen-bond donors (Lipinski definition) is 0. The fraction of sp³-hybridized carbons (Fsp3) is 0.667. The summed E-state index contributed by atoms with van der Waals surface area (Å²) in [7, 11) is 10.1. The van der Waals surface area contributed by atoms with Crippen molar-refractivity contribution in [3.63, 3.8) is 0 Å². The van der Waals surface area contributed by atoms with Crippen LogP contribution in [0, 0.1) is 0 Å². The highest BCUT2D eigenvalue weighted by Gasteiger charge is 2.17. The molecule has 0 saturated heterocycles. The van der Waals surface area contributed by atoms with Gasteiger partial charge >= 0.3 is 0 Å². The van der Waals surface area contributed by atoms with Gasteiger partial charge in [-0.1, -0.05) is 0 Å². The van der Waals surface area contributed by atoms with E-state index in [0.717, 1.165) is 0 Å². The lowest BCUT2D eigenvalue weighted by atomic mass is 10.6. The minimum absolute atomic E-state index is 0.290. The molecule has 0 aliphatic heterocycles. The molecule has 0 unspecified atom stereocenters. The third-order valence-corrected chi connectivity index (χ3v) is 2.78. The Balaban J connectivity index is 0. The van der Waals surface area contributed by atoms with Gasteiger partial charge in [0.2, 0.25) is 17.8 Å². The molecular formula is C15H30N6O6. The van der Waals surface area contributed by atoms with Crippen LogP contribution >= 0.6 is 0 Å². The number of rotatable bonds is 11. The van der Waals surface area contributed by atoms with Crippen molar-refractivity contribution >= 4 is 31.4 Å². The Hall–Kier alpha value is -2.41. The maximum atomic E-state index is 8.00. The summed E-state index contributed by atoms with van der Waals surface area (Å²) in [4.78, 5) is 34.6. The van der Waals surface area contributed by atoms with Crippen LogP contribution in [0.2, 0.25) is 0 Å². The molecule has 1 heterocycles. The quantitative estimate of drug-likeness (QED) is 0.457. The van der Waals surface area contributed by atoms with Crippen LogP contribution in [0.5, 0.6) is 0 Å². The molecule has 156 valence electrons. The zero-order chi connectivity index (χ0) is 21.2. The summed E-state index contributed by atoms with van der Waals surface area (Å²) in [5.41, 5.74) is 0. The number of carbonyl (C=O) groups excluding carboxylic acids is 2. The average molecular weight is 390 g/mol. The van der Waals surface area contributed by atoms with Gasteiger partial charge in [-0.25, -0.2) is 0 Å². The molecule has 1 aromatic heterocycles. The maximum Gasteiger partial charge on any atom is 0.235 e. The SMILES string of the molecule is C=O.C=O.COCN(C)c1nc(N(C)COC)nc(N(COC)COC)n1. The third-order valence-electron chi connectivity index (χ3n) is 2.78. The average Bonchev–Trinajstić information content (AvgIpc) is 2.71. The normalized spacial score (nSPS) is 9.41. The summed E-state index contributed by atoms with van der Waals surface area (Å²) in [6.45, 7) is 5.29. The summed E-state index contributed by atoms with van der Waals surface area (Å²) in [5.74, 6) is 1.40. The molecule has 27 heavy (non-hydrogen) atoms. The Morgan fingerprint density at radius 2 is 0.926 bits per heavy atom. The molecule has 0 aliphatic rings. The van der Waals surface area contributed by atoms with Crippen molar-refractivity contribution in [2.75, 3.05) is 84.2 Å². The molecule has 0 aromatic carbocycles. The van der Waals surface area contributed by atoms with Crippen LogP contribution in [0.1, 0.15) is 0 Å². The van der Waals surface area contributed by atoms with Crippen molar-refractivity contribution in [3.05, 3.63) is 0 Å². The Labute approximate surface area is 160 Å². The maximum absolute atomic E-state index is 8.00. The fourth-order valence-electron chi connectivity index (χ4n) is 1.79. The van der Waals surface area contributed by atoms with E-state index in [0.29, 0.717) is 44.8 Å². The molecule has 1 rings (SSSR count). The van der Waals surface area contributed by atoms with Gasteiger partial charge in [-0.05, 0) is 0 Å². The highest BCUT2D eigenvalue weighted by Crippen LogP contribution is 2.18. The van der Waals surface area contributed by atoms with E-state index in [1.807, 2.05) is 27.7 Å². The lowest BCUT2D eigenvalue weighted by molar-refractivity contribution is -0.0987. The number of ether oxygens (including phenoxy) is 4. The molecule has 12 heteroatoms. The molecule has 12 nitrogen and oxygen atoms in total. The van der Waals surface area contributed by atoms with Crippen molar-refractivity contribution in [3.8, 4) is 0 Å². The van der Waals surface area contributed by atoms with Gasteiger partial charge in [0, 0.05) is 42.5 Å². The van der Waals surface area contributed by atoms with E-state index in [-0.39, 0.29) is 0 Å². The summed E-state index contributed by atoms with van der Waals surface area (Å²) in [6, 6.07) is 0. The predicted octanol–water partition coefficient (Wildman–Crippen LogP) is -0.404. The lowest BCUT2D eigenvalue weighted by Gasteiger charge is -2.25. The van der Waals surface area contributed by atoms with Crippen molar-refractivity contribution in [2.24, 2.45) is 0 Å². The zero-order valence-electron chi connectivity index (χ0n) is 16.9. The van der Waals surface area contributed by atoms with E-state index in [1.54, 1.807) is 43.1 Å². The Morgan fingerprint density at radius 1 is 0.630 bits per heavy atom. The minimum atomic E-state index is 0.290. The standard InChI is InChI=1S/C13H26N6O4.2CH2O/c1-17(7-20-3)11-14-12(18(2)8-21-4)16-13(15-11)19(9-22-5)10-23-6;2*1-2/h7-10H2,1-6H3;2*1H2. The van der Waals surface area contributed by atoms with Gasteiger partial charge in [0.1, 0.15) is 40.5 Å². The third kappa shape index (κ3) is 9.75. The Kier molecular flexibility index (Phi) is 16.9. The van der Waals surface area contributed by atoms with Crippen molar-refractivity contribution in [1.82, 2.24) is 15.0 Å². The first-order valence-electron chi connectivity index (χ1n) is 7.54. The zero-order valence-corrected chi connectivity index (χ0v) is 16.9. The molecule has 0 fully saturated rings. The first-order valence-corrected chi connectivity index (χ1v) is 7.54. The molecule has 0 bridgehead atoms. The van der Waals surface area contributed by atoms with Gasteiger partial charge in [0.05, 0.1) is 0 Å². The van der Waals surface area contributed by atoms with Crippen LogP contribution in [-0.4, -0.2) is 98.0 Å². The predicted molar refractivity (Wildman–Crippen MR) is 101 cm³/mol. The van der Waals surface area contributed by atoms with Crippen LogP contribution < -0.4 is 14.7 Å². The lowest BCUT2D eigenvalue weighted by Crippen LogP contribution is -2.32. The van der Waals surface area contributed by atoms with Crippen LogP contribution in [0.25, 0.3) is 0 Å². The van der Waals surface area contributed by atoms with Gasteiger partial charge in [0.15, 0.2) is 0 Å². The first kappa shape index (κ1) is 26.8. The molecule has 0 amide bonds.